The van der Waals surface area contributed by atoms with E-state index >= 15 is 0 Å². The lowest BCUT2D eigenvalue weighted by Crippen LogP contribution is -2.43. The van der Waals surface area contributed by atoms with Gasteiger partial charge in [-0.05, 0) is 19.3 Å². The SMILES string of the molecule is CCCN(CC(N)=NO)C(=O)C1CCC1. The minimum Gasteiger partial charge on any atom is -0.409 e. The number of oxime groups is 1. The Labute approximate surface area is 89.9 Å². The molecule has 0 aromatic heterocycles. The molecule has 1 fully saturated rings. The van der Waals surface area contributed by atoms with Gasteiger partial charge in [0, 0.05) is 12.5 Å². The summed E-state index contributed by atoms with van der Waals surface area (Å²) in [5.41, 5.74) is 5.41. The zero-order chi connectivity index (χ0) is 11.3. The van der Waals surface area contributed by atoms with Crippen molar-refractivity contribution in [2.24, 2.45) is 16.8 Å². The van der Waals surface area contributed by atoms with Crippen molar-refractivity contribution in [3.8, 4) is 0 Å². The largest absolute Gasteiger partial charge is 0.409 e. The summed E-state index contributed by atoms with van der Waals surface area (Å²) in [6.45, 7) is 2.92. The molecule has 86 valence electrons. The fourth-order valence-electron chi connectivity index (χ4n) is 1.68. The number of nitrogens with zero attached hydrogens (tertiary/aromatic N) is 2. The van der Waals surface area contributed by atoms with Gasteiger partial charge in [-0.1, -0.05) is 18.5 Å². The van der Waals surface area contributed by atoms with Gasteiger partial charge in [0.2, 0.25) is 5.91 Å². The highest BCUT2D eigenvalue weighted by Crippen LogP contribution is 2.28. The summed E-state index contributed by atoms with van der Waals surface area (Å²) in [6.07, 6.45) is 3.99. The first-order chi connectivity index (χ1) is 7.19. The molecule has 0 aromatic rings. The van der Waals surface area contributed by atoms with E-state index in [1.165, 1.54) is 0 Å². The van der Waals surface area contributed by atoms with Crippen molar-refractivity contribution in [1.82, 2.24) is 4.90 Å². The molecule has 0 aromatic carbocycles. The molecule has 5 heteroatoms. The molecule has 3 N–H and O–H groups in total. The van der Waals surface area contributed by atoms with E-state index in [-0.39, 0.29) is 24.2 Å². The van der Waals surface area contributed by atoms with Crippen molar-refractivity contribution in [3.63, 3.8) is 0 Å². The topological polar surface area (TPSA) is 78.9 Å². The summed E-state index contributed by atoms with van der Waals surface area (Å²) in [5.74, 6) is 0.411. The maximum atomic E-state index is 11.9. The molecule has 1 saturated carbocycles. The average molecular weight is 213 g/mol. The Hall–Kier alpha value is -1.26. The van der Waals surface area contributed by atoms with Crippen LogP contribution in [-0.4, -0.2) is 34.9 Å². The number of hydrogen-bond acceptors (Lipinski definition) is 3. The molecule has 1 aliphatic rings. The third-order valence-corrected chi connectivity index (χ3v) is 2.74. The molecule has 1 aliphatic carbocycles. The maximum Gasteiger partial charge on any atom is 0.226 e. The number of rotatable bonds is 5. The van der Waals surface area contributed by atoms with E-state index in [9.17, 15) is 4.79 Å². The predicted molar refractivity (Wildman–Crippen MR) is 57.6 cm³/mol. The predicted octanol–water partition coefficient (Wildman–Crippen LogP) is 0.771. The van der Waals surface area contributed by atoms with Gasteiger partial charge < -0.3 is 15.8 Å². The molecule has 0 atom stereocenters. The van der Waals surface area contributed by atoms with Gasteiger partial charge in [0.1, 0.15) is 0 Å². The summed E-state index contributed by atoms with van der Waals surface area (Å²) in [7, 11) is 0. The fourth-order valence-corrected chi connectivity index (χ4v) is 1.68. The molecule has 15 heavy (non-hydrogen) atoms. The Bertz CT molecular complexity index is 249. The summed E-state index contributed by atoms with van der Waals surface area (Å²) in [6, 6.07) is 0. The molecule has 0 aliphatic heterocycles. The number of amides is 1. The van der Waals surface area contributed by atoms with Crippen LogP contribution in [0.15, 0.2) is 5.16 Å². The Kier molecular flexibility index (Phi) is 4.39. The zero-order valence-corrected chi connectivity index (χ0v) is 9.15. The molecule has 5 nitrogen and oxygen atoms in total. The molecule has 0 spiro atoms. The second kappa shape index (κ2) is 5.58. The third-order valence-electron chi connectivity index (χ3n) is 2.74. The number of nitrogens with two attached hydrogens (primary N) is 1. The van der Waals surface area contributed by atoms with Gasteiger partial charge in [-0.2, -0.15) is 0 Å². The van der Waals surface area contributed by atoms with Gasteiger partial charge in [-0.3, -0.25) is 4.79 Å². The van der Waals surface area contributed by atoms with Crippen LogP contribution in [0, 0.1) is 5.92 Å². The Morgan fingerprint density at radius 1 is 1.60 bits per heavy atom. The highest BCUT2D eigenvalue weighted by atomic mass is 16.4. The first kappa shape index (κ1) is 11.8. The van der Waals surface area contributed by atoms with Crippen LogP contribution in [-0.2, 0) is 4.79 Å². The molecule has 0 radical (unpaired) electrons. The van der Waals surface area contributed by atoms with Crippen LogP contribution in [0.4, 0.5) is 0 Å². The van der Waals surface area contributed by atoms with Crippen LogP contribution < -0.4 is 5.73 Å². The van der Waals surface area contributed by atoms with Crippen LogP contribution >= 0.6 is 0 Å². The van der Waals surface area contributed by atoms with E-state index in [0.29, 0.717) is 6.54 Å². The number of carbonyl (C=O) groups excluding carboxylic acids is 1. The molecule has 0 bridgehead atoms. The Morgan fingerprint density at radius 2 is 2.27 bits per heavy atom. The van der Waals surface area contributed by atoms with Crippen molar-refractivity contribution in [2.45, 2.75) is 32.6 Å². The summed E-state index contributed by atoms with van der Waals surface area (Å²) in [4.78, 5) is 13.6. The van der Waals surface area contributed by atoms with Gasteiger partial charge in [-0.15, -0.1) is 0 Å². The lowest BCUT2D eigenvalue weighted by atomic mass is 9.84. The second-order valence-corrected chi connectivity index (χ2v) is 3.98. The highest BCUT2D eigenvalue weighted by Gasteiger charge is 2.29. The molecule has 0 heterocycles. The molecule has 1 amide bonds. The van der Waals surface area contributed by atoms with Crippen molar-refractivity contribution < 1.29 is 10.0 Å². The molecular formula is C10H19N3O2. The molecule has 0 unspecified atom stereocenters. The maximum absolute atomic E-state index is 11.9. The van der Waals surface area contributed by atoms with Gasteiger partial charge in [-0.25, -0.2) is 0 Å². The van der Waals surface area contributed by atoms with Crippen molar-refractivity contribution in [3.05, 3.63) is 0 Å². The fraction of sp³-hybridized carbons (Fsp3) is 0.800. The Morgan fingerprint density at radius 3 is 2.67 bits per heavy atom. The van der Waals surface area contributed by atoms with Crippen LogP contribution in [0.2, 0.25) is 0 Å². The summed E-state index contributed by atoms with van der Waals surface area (Å²) >= 11 is 0. The minimum absolute atomic E-state index is 0.0936. The van der Waals surface area contributed by atoms with Crippen LogP contribution in [0.5, 0.6) is 0 Å². The van der Waals surface area contributed by atoms with Crippen LogP contribution in [0.25, 0.3) is 0 Å². The van der Waals surface area contributed by atoms with Gasteiger partial charge >= 0.3 is 0 Å². The smallest absolute Gasteiger partial charge is 0.226 e. The minimum atomic E-state index is 0.0936. The van der Waals surface area contributed by atoms with Crippen molar-refractivity contribution >= 4 is 11.7 Å². The number of carbonyl (C=O) groups is 1. The lowest BCUT2D eigenvalue weighted by Gasteiger charge is -2.31. The van der Waals surface area contributed by atoms with E-state index in [2.05, 4.69) is 5.16 Å². The van der Waals surface area contributed by atoms with E-state index in [1.807, 2.05) is 6.92 Å². The van der Waals surface area contributed by atoms with E-state index < -0.39 is 0 Å². The second-order valence-electron chi connectivity index (χ2n) is 3.98. The first-order valence-electron chi connectivity index (χ1n) is 5.44. The normalized spacial score (nSPS) is 17.3. The Balaban J connectivity index is 2.51. The summed E-state index contributed by atoms with van der Waals surface area (Å²) in [5, 5.41) is 11.4. The van der Waals surface area contributed by atoms with Gasteiger partial charge in [0.25, 0.3) is 0 Å². The zero-order valence-electron chi connectivity index (χ0n) is 9.15. The first-order valence-corrected chi connectivity index (χ1v) is 5.44. The quantitative estimate of drug-likeness (QED) is 0.306. The monoisotopic (exact) mass is 213 g/mol. The van der Waals surface area contributed by atoms with Crippen molar-refractivity contribution in [2.75, 3.05) is 13.1 Å². The van der Waals surface area contributed by atoms with Gasteiger partial charge in [0.15, 0.2) is 5.84 Å². The summed E-state index contributed by atoms with van der Waals surface area (Å²) < 4.78 is 0. The van der Waals surface area contributed by atoms with Crippen molar-refractivity contribution in [1.29, 1.82) is 0 Å². The molecule has 1 rings (SSSR count). The lowest BCUT2D eigenvalue weighted by molar-refractivity contribution is -0.137. The van der Waals surface area contributed by atoms with Crippen LogP contribution in [0.3, 0.4) is 0 Å². The number of hydrogen-bond donors (Lipinski definition) is 2. The van der Waals surface area contributed by atoms with E-state index in [4.69, 9.17) is 10.9 Å². The number of amidine groups is 1. The third kappa shape index (κ3) is 3.11. The van der Waals surface area contributed by atoms with Crippen LogP contribution in [0.1, 0.15) is 32.6 Å². The molecular weight excluding hydrogens is 194 g/mol. The van der Waals surface area contributed by atoms with E-state index in [0.717, 1.165) is 25.7 Å². The highest BCUT2D eigenvalue weighted by molar-refractivity contribution is 5.88. The molecule has 0 saturated heterocycles. The van der Waals surface area contributed by atoms with Gasteiger partial charge in [0.05, 0.1) is 6.54 Å². The van der Waals surface area contributed by atoms with E-state index in [1.54, 1.807) is 4.90 Å². The average Bonchev–Trinajstić information content (AvgIpc) is 2.14. The standard InChI is InChI=1S/C10H19N3O2/c1-2-6-13(7-9(11)12-15)10(14)8-4-3-5-8/h8,15H,2-7H2,1H3,(H2,11,12).